The van der Waals surface area contributed by atoms with E-state index < -0.39 is 6.10 Å². The Morgan fingerprint density at radius 2 is 0.446 bits per heavy atom. The predicted octanol–water partition coefficient (Wildman–Crippen LogP) is 22.6. The van der Waals surface area contributed by atoms with Crippen LogP contribution in [-0.4, -0.2) is 37.2 Å². The first-order chi connectivity index (χ1) is 36.5. The summed E-state index contributed by atoms with van der Waals surface area (Å²) in [4.78, 5) is 38.4. The van der Waals surface area contributed by atoms with Crippen LogP contribution in [0.5, 0.6) is 0 Å². The molecule has 0 saturated carbocycles. The first-order valence-corrected chi connectivity index (χ1v) is 33.3. The molecule has 0 aromatic rings. The van der Waals surface area contributed by atoms with Crippen molar-refractivity contribution in [1.29, 1.82) is 0 Å². The number of carbonyl (C=O) groups is 3. The molecule has 0 aliphatic rings. The minimum Gasteiger partial charge on any atom is -0.462 e. The third-order valence-corrected chi connectivity index (χ3v) is 15.2. The predicted molar refractivity (Wildman–Crippen MR) is 321 cm³/mol. The molecule has 0 heterocycles. The Morgan fingerprint density at radius 1 is 0.257 bits per heavy atom. The van der Waals surface area contributed by atoms with Crippen LogP contribution in [0.15, 0.2) is 24.3 Å². The number of unbranched alkanes of at least 4 members (excludes halogenated alkanes) is 47. The zero-order valence-electron chi connectivity index (χ0n) is 50.1. The van der Waals surface area contributed by atoms with E-state index in [1.165, 1.54) is 276 Å². The lowest BCUT2D eigenvalue weighted by atomic mass is 10.0. The number of allylic oxidation sites excluding steroid dienone is 4. The normalized spacial score (nSPS) is 12.1. The highest BCUT2D eigenvalue weighted by atomic mass is 16.6. The molecule has 1 atom stereocenters. The van der Waals surface area contributed by atoms with Crippen molar-refractivity contribution in [2.24, 2.45) is 0 Å². The maximum Gasteiger partial charge on any atom is 0.306 e. The smallest absolute Gasteiger partial charge is 0.306 e. The summed E-state index contributed by atoms with van der Waals surface area (Å²) in [6, 6.07) is 0. The minimum absolute atomic E-state index is 0.0691. The van der Waals surface area contributed by atoms with Crippen LogP contribution in [0.1, 0.15) is 374 Å². The maximum absolute atomic E-state index is 12.9. The second kappa shape index (κ2) is 63.4. The second-order valence-electron chi connectivity index (χ2n) is 22.7. The molecular formula is C68H128O6. The molecule has 0 saturated heterocycles. The van der Waals surface area contributed by atoms with Crippen LogP contribution >= 0.6 is 0 Å². The summed E-state index contributed by atoms with van der Waals surface area (Å²) in [5.41, 5.74) is 0. The number of carbonyl (C=O) groups excluding carboxylic acids is 3. The van der Waals surface area contributed by atoms with E-state index in [9.17, 15) is 14.4 Å². The molecule has 0 aromatic carbocycles. The molecule has 0 N–H and O–H groups in total. The van der Waals surface area contributed by atoms with Crippen molar-refractivity contribution >= 4 is 17.9 Å². The molecule has 0 amide bonds. The van der Waals surface area contributed by atoms with Gasteiger partial charge in [-0.3, -0.25) is 14.4 Å². The summed E-state index contributed by atoms with van der Waals surface area (Å²) in [7, 11) is 0. The van der Waals surface area contributed by atoms with Crippen LogP contribution in [0.3, 0.4) is 0 Å². The number of ether oxygens (including phenoxy) is 3. The molecule has 6 nitrogen and oxygen atoms in total. The summed E-state index contributed by atoms with van der Waals surface area (Å²) in [5, 5.41) is 0. The van der Waals surface area contributed by atoms with Crippen LogP contribution in [0, 0.1) is 0 Å². The van der Waals surface area contributed by atoms with Crippen molar-refractivity contribution in [2.45, 2.75) is 380 Å². The topological polar surface area (TPSA) is 78.9 Å². The van der Waals surface area contributed by atoms with Crippen LogP contribution in [0.4, 0.5) is 0 Å². The number of hydrogen-bond acceptors (Lipinski definition) is 6. The minimum atomic E-state index is -0.773. The molecule has 0 spiro atoms. The van der Waals surface area contributed by atoms with Gasteiger partial charge in [-0.2, -0.15) is 0 Å². The molecule has 0 bridgehead atoms. The summed E-state index contributed by atoms with van der Waals surface area (Å²) in [5.74, 6) is -0.849. The van der Waals surface area contributed by atoms with E-state index in [4.69, 9.17) is 14.2 Å². The van der Waals surface area contributed by atoms with Crippen molar-refractivity contribution in [3.63, 3.8) is 0 Å². The van der Waals surface area contributed by atoms with Crippen molar-refractivity contribution in [3.05, 3.63) is 24.3 Å². The molecule has 0 aliphatic heterocycles. The Labute approximate surface area is 462 Å². The lowest BCUT2D eigenvalue weighted by molar-refractivity contribution is -0.167. The maximum atomic E-state index is 12.9. The van der Waals surface area contributed by atoms with Gasteiger partial charge < -0.3 is 14.2 Å². The molecule has 74 heavy (non-hydrogen) atoms. The Bertz CT molecular complexity index is 1190. The zero-order chi connectivity index (χ0) is 53.6. The molecule has 0 radical (unpaired) electrons. The lowest BCUT2D eigenvalue weighted by Crippen LogP contribution is -2.30. The highest BCUT2D eigenvalue weighted by Crippen LogP contribution is 2.18. The number of rotatable bonds is 62. The fourth-order valence-corrected chi connectivity index (χ4v) is 10.1. The van der Waals surface area contributed by atoms with Gasteiger partial charge in [0.2, 0.25) is 0 Å². The first kappa shape index (κ1) is 71.9. The summed E-state index contributed by atoms with van der Waals surface area (Å²) in [6.45, 7) is 6.70. The van der Waals surface area contributed by atoms with Gasteiger partial charge in [-0.05, 0) is 70.6 Å². The largest absolute Gasteiger partial charge is 0.462 e. The third kappa shape index (κ3) is 60.8. The van der Waals surface area contributed by atoms with Crippen molar-refractivity contribution in [1.82, 2.24) is 0 Å². The fraction of sp³-hybridized carbons (Fsp3) is 0.897. The Morgan fingerprint density at radius 3 is 0.676 bits per heavy atom. The summed E-state index contributed by atoms with van der Waals surface area (Å²) < 4.78 is 17.0. The van der Waals surface area contributed by atoms with Gasteiger partial charge in [0.05, 0.1) is 0 Å². The molecule has 1 unspecified atom stereocenters. The van der Waals surface area contributed by atoms with Gasteiger partial charge in [-0.15, -0.1) is 0 Å². The van der Waals surface area contributed by atoms with E-state index in [1.807, 2.05) is 0 Å². The molecule has 0 fully saturated rings. The summed E-state index contributed by atoms with van der Waals surface area (Å²) in [6.07, 6.45) is 76.1. The van der Waals surface area contributed by atoms with Crippen molar-refractivity contribution < 1.29 is 28.6 Å². The molecule has 6 heteroatoms. The Hall–Kier alpha value is -2.11. The average molecular weight is 1040 g/mol. The standard InChI is InChI=1S/C68H128O6/c1-4-7-10-13-16-19-22-25-28-31-34-35-38-40-43-46-49-52-55-58-61-67(70)73-64-65(74-68(71)62-59-56-53-50-47-44-41-37-33-30-27-24-21-18-15-12-9-6-3)63-72-66(69)60-57-54-51-48-45-42-39-36-32-29-26-23-20-17-14-11-8-5-2/h29-30,32-33,65H,4-28,31,34-64H2,1-3H3/b32-29-,33-30-. The van der Waals surface area contributed by atoms with Crippen LogP contribution < -0.4 is 0 Å². The van der Waals surface area contributed by atoms with E-state index in [0.717, 1.165) is 57.8 Å². The van der Waals surface area contributed by atoms with Gasteiger partial charge in [-0.25, -0.2) is 0 Å². The fourth-order valence-electron chi connectivity index (χ4n) is 10.1. The van der Waals surface area contributed by atoms with E-state index >= 15 is 0 Å². The zero-order valence-corrected chi connectivity index (χ0v) is 50.1. The second-order valence-corrected chi connectivity index (χ2v) is 22.7. The van der Waals surface area contributed by atoms with Crippen LogP contribution in [0.2, 0.25) is 0 Å². The highest BCUT2D eigenvalue weighted by Gasteiger charge is 2.19. The molecular weight excluding hydrogens is 913 g/mol. The first-order valence-electron chi connectivity index (χ1n) is 33.3. The van der Waals surface area contributed by atoms with Crippen LogP contribution in [0.25, 0.3) is 0 Å². The molecule has 436 valence electrons. The van der Waals surface area contributed by atoms with Crippen LogP contribution in [-0.2, 0) is 28.6 Å². The Kier molecular flexibility index (Phi) is 61.6. The molecule has 0 aromatic heterocycles. The van der Waals surface area contributed by atoms with E-state index in [0.29, 0.717) is 19.3 Å². The highest BCUT2D eigenvalue weighted by molar-refractivity contribution is 5.71. The van der Waals surface area contributed by atoms with Gasteiger partial charge in [0.1, 0.15) is 13.2 Å². The van der Waals surface area contributed by atoms with Crippen molar-refractivity contribution in [2.75, 3.05) is 13.2 Å². The lowest BCUT2D eigenvalue weighted by Gasteiger charge is -2.18. The molecule has 0 rings (SSSR count). The third-order valence-electron chi connectivity index (χ3n) is 15.2. The van der Waals surface area contributed by atoms with Crippen molar-refractivity contribution in [3.8, 4) is 0 Å². The molecule has 0 aliphatic carbocycles. The van der Waals surface area contributed by atoms with Gasteiger partial charge in [0.25, 0.3) is 0 Å². The summed E-state index contributed by atoms with van der Waals surface area (Å²) >= 11 is 0. The number of hydrogen-bond donors (Lipinski definition) is 0. The Balaban J connectivity index is 4.32. The van der Waals surface area contributed by atoms with E-state index in [1.54, 1.807) is 0 Å². The van der Waals surface area contributed by atoms with Gasteiger partial charge in [0.15, 0.2) is 6.10 Å². The average Bonchev–Trinajstić information content (AvgIpc) is 3.40. The van der Waals surface area contributed by atoms with Gasteiger partial charge >= 0.3 is 17.9 Å². The van der Waals surface area contributed by atoms with Gasteiger partial charge in [-0.1, -0.05) is 308 Å². The van der Waals surface area contributed by atoms with Gasteiger partial charge in [0, 0.05) is 19.3 Å². The SMILES string of the molecule is CCCCCCCCC/C=C\CCCCCCCCCC(=O)OCC(COC(=O)CCCCCCCCCCCCCCCCCCCCCC)OC(=O)CCCCCCCCC/C=C\CCCCCCCCC. The monoisotopic (exact) mass is 1040 g/mol. The number of esters is 3. The quantitative estimate of drug-likeness (QED) is 0.0261. The van der Waals surface area contributed by atoms with E-state index in [2.05, 4.69) is 45.1 Å². The van der Waals surface area contributed by atoms with E-state index in [-0.39, 0.29) is 31.1 Å².